The molecule has 18 atom stereocenters. The number of rotatable bonds is 3. The fourth-order valence-corrected chi connectivity index (χ4v) is 8.46. The summed E-state index contributed by atoms with van der Waals surface area (Å²) < 4.78 is 22.3. The van der Waals surface area contributed by atoms with Gasteiger partial charge < -0.3 is 80.9 Å². The minimum Gasteiger partial charge on any atom is -0.481 e. The lowest BCUT2D eigenvalue weighted by Gasteiger charge is -2.45. The highest BCUT2D eigenvalue weighted by Gasteiger charge is 2.51. The van der Waals surface area contributed by atoms with E-state index in [1.165, 1.54) is 13.0 Å². The molecule has 2 saturated heterocycles. The normalized spacial score (nSPS) is 44.6. The number of fused-ring (bicyclic) bond motifs is 2. The van der Waals surface area contributed by atoms with Crippen LogP contribution < -0.4 is 5.73 Å². The SMILES string of the molecule is CC1OC(O[C@H]2/C=C/C=C/C=C/C=C/CC/C=C/C=C/[C@H](C)[C@@H](O)C[C@H](I)OC(=O)C[C@H](O)C[C@H](O)C[C@H](O)CC[C@@H](O)[C@H](O)C[C@]3(O)C[C@H](O)[C@@H](C(=O)O)C(C2)O3)C(O)C(N)C1O. The zero-order valence-electron chi connectivity index (χ0n) is 36.3. The van der Waals surface area contributed by atoms with Crippen LogP contribution in [0, 0.1) is 11.8 Å². The van der Waals surface area contributed by atoms with Gasteiger partial charge in [0.25, 0.3) is 0 Å². The third-order valence-electron chi connectivity index (χ3n) is 11.4. The zero-order chi connectivity index (χ0) is 47.6. The van der Waals surface area contributed by atoms with Gasteiger partial charge in [-0.3, -0.25) is 9.59 Å². The molecular weight excluding hydrogens is 953 g/mol. The summed E-state index contributed by atoms with van der Waals surface area (Å²) in [7, 11) is 0. The predicted molar refractivity (Wildman–Crippen MR) is 241 cm³/mol. The lowest BCUT2D eigenvalue weighted by Crippen LogP contribution is -2.61. The number of alkyl halides is 1. The number of allylic oxidation sites excluding steroid dienone is 10. The van der Waals surface area contributed by atoms with Gasteiger partial charge in [-0.2, -0.15) is 0 Å². The first-order valence-corrected chi connectivity index (χ1v) is 23.1. The number of nitrogens with two attached hydrogens (primary N) is 1. The molecule has 0 aromatic rings. The molecule has 3 aliphatic heterocycles. The number of hydrogen-bond acceptors (Lipinski definition) is 17. The van der Waals surface area contributed by atoms with Gasteiger partial charge in [0, 0.05) is 31.6 Å². The Balaban J connectivity index is 1.82. The second-order valence-electron chi connectivity index (χ2n) is 17.0. The number of aliphatic hydroxyl groups excluding tert-OH is 9. The number of hydrogen-bond donors (Lipinski definition) is 12. The van der Waals surface area contributed by atoms with E-state index in [9.17, 15) is 65.8 Å². The van der Waals surface area contributed by atoms with Gasteiger partial charge in [-0.05, 0) is 68.0 Å². The number of cyclic esters (lactones) is 1. The summed E-state index contributed by atoms with van der Waals surface area (Å²) in [6.45, 7) is 3.37. The average Bonchev–Trinajstić information content (AvgIpc) is 3.19. The van der Waals surface area contributed by atoms with Gasteiger partial charge >= 0.3 is 11.9 Å². The summed E-state index contributed by atoms with van der Waals surface area (Å²) in [5.41, 5.74) is 6.02. The third kappa shape index (κ3) is 19.4. The molecule has 19 heteroatoms. The van der Waals surface area contributed by atoms with Gasteiger partial charge in [-0.25, -0.2) is 0 Å². The number of carbonyl (C=O) groups excluding carboxylic acids is 1. The van der Waals surface area contributed by atoms with Gasteiger partial charge in [0.2, 0.25) is 0 Å². The number of carbonyl (C=O) groups is 2. The van der Waals surface area contributed by atoms with E-state index in [2.05, 4.69) is 0 Å². The fraction of sp³-hybridized carbons (Fsp3) is 0.689. The van der Waals surface area contributed by atoms with Crippen molar-refractivity contribution in [3.63, 3.8) is 0 Å². The van der Waals surface area contributed by atoms with Gasteiger partial charge in [-0.15, -0.1) is 0 Å². The summed E-state index contributed by atoms with van der Waals surface area (Å²) in [5.74, 6) is -6.36. The first-order valence-electron chi connectivity index (χ1n) is 21.8. The summed E-state index contributed by atoms with van der Waals surface area (Å²) in [4.78, 5) is 24.9. The van der Waals surface area contributed by atoms with E-state index in [-0.39, 0.29) is 44.4 Å². The van der Waals surface area contributed by atoms with Crippen LogP contribution in [-0.2, 0) is 28.5 Å². The first-order chi connectivity index (χ1) is 30.2. The van der Waals surface area contributed by atoms with Crippen molar-refractivity contribution in [2.24, 2.45) is 17.6 Å². The molecule has 3 rings (SSSR count). The second kappa shape index (κ2) is 28.0. The van der Waals surface area contributed by atoms with Gasteiger partial charge in [0.15, 0.2) is 16.2 Å². The Labute approximate surface area is 388 Å². The smallest absolute Gasteiger partial charge is 0.311 e. The molecule has 0 aromatic heterocycles. The molecule has 0 aliphatic carbocycles. The van der Waals surface area contributed by atoms with Crippen LogP contribution in [0.3, 0.4) is 0 Å². The molecule has 0 aromatic carbocycles. The molecule has 3 heterocycles. The molecule has 13 N–H and O–H groups in total. The monoisotopic (exact) mass is 1020 g/mol. The maximum Gasteiger partial charge on any atom is 0.311 e. The maximum absolute atomic E-state index is 12.5. The summed E-state index contributed by atoms with van der Waals surface area (Å²) >= 11 is 1.89. The van der Waals surface area contributed by atoms with Crippen molar-refractivity contribution in [2.45, 2.75) is 180 Å². The van der Waals surface area contributed by atoms with Crippen molar-refractivity contribution in [2.75, 3.05) is 0 Å². The fourth-order valence-electron chi connectivity index (χ4n) is 7.65. The van der Waals surface area contributed by atoms with Crippen LogP contribution in [-0.4, -0.2) is 164 Å². The Morgan fingerprint density at radius 1 is 0.734 bits per heavy atom. The molecule has 18 nitrogen and oxygen atoms in total. The highest BCUT2D eigenvalue weighted by molar-refractivity contribution is 14.1. The molecule has 64 heavy (non-hydrogen) atoms. The van der Waals surface area contributed by atoms with Crippen molar-refractivity contribution in [3.05, 3.63) is 72.9 Å². The van der Waals surface area contributed by atoms with Crippen LogP contribution in [0.25, 0.3) is 0 Å². The number of halogens is 1. The van der Waals surface area contributed by atoms with Crippen LogP contribution in [0.4, 0.5) is 0 Å². The highest BCUT2D eigenvalue weighted by atomic mass is 127. The third-order valence-corrected chi connectivity index (χ3v) is 12.2. The number of aliphatic hydroxyl groups is 10. The highest BCUT2D eigenvalue weighted by Crippen LogP contribution is 2.38. The molecule has 0 amide bonds. The summed E-state index contributed by atoms with van der Waals surface area (Å²) in [6.07, 6.45) is 3.13. The zero-order valence-corrected chi connectivity index (χ0v) is 38.5. The predicted octanol–water partition coefficient (Wildman–Crippen LogP) is 1.06. The van der Waals surface area contributed by atoms with E-state index in [1.807, 2.05) is 72.0 Å². The quantitative estimate of drug-likeness (QED) is 0.107. The van der Waals surface area contributed by atoms with E-state index in [1.54, 1.807) is 24.3 Å². The van der Waals surface area contributed by atoms with Crippen molar-refractivity contribution in [1.29, 1.82) is 0 Å². The lowest BCUT2D eigenvalue weighted by molar-refractivity contribution is -0.310. The number of esters is 1. The summed E-state index contributed by atoms with van der Waals surface area (Å²) in [5, 5.41) is 118. The molecule has 2 fully saturated rings. The molecule has 3 aliphatic rings. The van der Waals surface area contributed by atoms with E-state index >= 15 is 0 Å². The van der Waals surface area contributed by atoms with Crippen molar-refractivity contribution in [3.8, 4) is 0 Å². The van der Waals surface area contributed by atoms with Crippen LogP contribution in [0.1, 0.15) is 84.5 Å². The van der Waals surface area contributed by atoms with Crippen LogP contribution in [0.2, 0.25) is 0 Å². The Hall–Kier alpha value is -2.45. The Bertz CT molecular complexity index is 1590. The topological polar surface area (TPSA) is 320 Å². The number of carboxylic acid groups (broad SMARTS) is 1. The van der Waals surface area contributed by atoms with Gasteiger partial charge in [-0.1, -0.05) is 79.8 Å². The number of ether oxygens (including phenoxy) is 4. The Kier molecular flexibility index (Phi) is 24.5. The maximum atomic E-state index is 12.5. The number of carboxylic acids is 1. The molecule has 364 valence electrons. The first kappa shape index (κ1) is 55.9. The van der Waals surface area contributed by atoms with E-state index in [0.717, 1.165) is 12.8 Å². The van der Waals surface area contributed by atoms with Crippen LogP contribution in [0.15, 0.2) is 72.9 Å². The largest absolute Gasteiger partial charge is 0.481 e. The van der Waals surface area contributed by atoms with Crippen LogP contribution in [0.5, 0.6) is 0 Å². The van der Waals surface area contributed by atoms with Crippen molar-refractivity contribution < 1.29 is 84.7 Å². The minimum absolute atomic E-state index is 0.136. The molecule has 6 unspecified atom stereocenters. The van der Waals surface area contributed by atoms with Crippen LogP contribution >= 0.6 is 22.6 Å². The lowest BCUT2D eigenvalue weighted by atomic mass is 9.82. The molecular formula is C45H70INO17. The minimum atomic E-state index is -2.35. The standard InChI is InChI=1S/C45H70INO17/c1-26-15-13-11-9-7-5-3-4-6-8-10-12-14-16-31(62-44-42(57)40(47)41(56)27(2)61-44)22-36-39(43(58)59)35(54)25-45(60,64-36)24-34(53)32(51)18-17-28(48)19-29(49)20-30(50)21-38(55)63-37(46)23-33(26)52/h3-4,6,8-16,26-37,39-42,44,48-54,56-57,60H,5,7,17-25,47H2,1-2H3,(H,58,59)/b4-3+,8-6+,11-9+,12-10+,15-13+,16-14+/t26-,27?,28+,29+,30+,31-,32+,33-,34+,35-,36?,37+,39+,40?,41?,42?,44?,45+/m0/s1. The Morgan fingerprint density at radius 2 is 1.33 bits per heavy atom. The molecule has 0 radical (unpaired) electrons. The van der Waals surface area contributed by atoms with Crippen molar-refractivity contribution in [1.82, 2.24) is 0 Å². The van der Waals surface area contributed by atoms with Crippen molar-refractivity contribution >= 4 is 34.5 Å². The summed E-state index contributed by atoms with van der Waals surface area (Å²) in [6, 6.07) is -1.14. The molecule has 0 saturated carbocycles. The van der Waals surface area contributed by atoms with E-state index < -0.39 is 133 Å². The Morgan fingerprint density at radius 3 is 2.00 bits per heavy atom. The average molecular weight is 1020 g/mol. The second-order valence-corrected chi connectivity index (χ2v) is 18.4. The van der Waals surface area contributed by atoms with E-state index in [0.29, 0.717) is 0 Å². The van der Waals surface area contributed by atoms with Gasteiger partial charge in [0.1, 0.15) is 12.0 Å². The molecule has 0 spiro atoms. The van der Waals surface area contributed by atoms with E-state index in [4.69, 9.17) is 24.7 Å². The van der Waals surface area contributed by atoms with Gasteiger partial charge in [0.05, 0.1) is 79.6 Å². The number of aliphatic carboxylic acids is 1. The molecule has 2 bridgehead atoms.